The second kappa shape index (κ2) is 5.85. The molecule has 2 atom stereocenters. The molecule has 2 rings (SSSR count). The average molecular weight is 246 g/mol. The molecule has 2 nitrogen and oxygen atoms in total. The summed E-state index contributed by atoms with van der Waals surface area (Å²) in [5.41, 5.74) is 1.74. The molecule has 1 heterocycles. The minimum atomic E-state index is 0.295. The quantitative estimate of drug-likeness (QED) is 0.878. The number of rotatable bonds is 4. The van der Waals surface area contributed by atoms with Gasteiger partial charge in [-0.1, -0.05) is 37.3 Å². The highest BCUT2D eigenvalue weighted by molar-refractivity contribution is 5.15. The molecule has 0 aliphatic carbocycles. The van der Waals surface area contributed by atoms with Gasteiger partial charge in [-0.15, -0.1) is 0 Å². The maximum Gasteiger partial charge on any atom is 0.0278 e. The van der Waals surface area contributed by atoms with Crippen LogP contribution in [0.15, 0.2) is 30.3 Å². The van der Waals surface area contributed by atoms with Gasteiger partial charge in [0.15, 0.2) is 0 Å². The highest BCUT2D eigenvalue weighted by Crippen LogP contribution is 2.18. The van der Waals surface area contributed by atoms with Crippen molar-refractivity contribution < 1.29 is 0 Å². The van der Waals surface area contributed by atoms with Crippen molar-refractivity contribution in [3.63, 3.8) is 0 Å². The maximum atomic E-state index is 3.65. The topological polar surface area (TPSA) is 15.3 Å². The standard InChI is InChI=1S/C16H26N2/c1-4-16(3)13-18(11-10-17-16)14(2)12-15-8-6-5-7-9-15/h5-9,14,17H,4,10-13H2,1-3H3. The molecule has 0 aromatic heterocycles. The Balaban J connectivity index is 1.95. The molecule has 0 spiro atoms. The Hall–Kier alpha value is -0.860. The van der Waals surface area contributed by atoms with Gasteiger partial charge in [-0.3, -0.25) is 4.90 Å². The minimum Gasteiger partial charge on any atom is -0.309 e. The van der Waals surface area contributed by atoms with Gasteiger partial charge in [0.25, 0.3) is 0 Å². The SMILES string of the molecule is CCC1(C)CN(C(C)Cc2ccccc2)CCN1. The molecule has 1 saturated heterocycles. The van der Waals surface area contributed by atoms with Crippen LogP contribution in [0.5, 0.6) is 0 Å². The largest absolute Gasteiger partial charge is 0.309 e. The number of nitrogens with one attached hydrogen (secondary N) is 1. The van der Waals surface area contributed by atoms with E-state index in [1.165, 1.54) is 18.5 Å². The zero-order chi connectivity index (χ0) is 13.0. The first-order valence-electron chi connectivity index (χ1n) is 7.16. The molecule has 2 heteroatoms. The first kappa shape index (κ1) is 13.6. The Morgan fingerprint density at radius 2 is 2.06 bits per heavy atom. The van der Waals surface area contributed by atoms with E-state index in [0.29, 0.717) is 11.6 Å². The van der Waals surface area contributed by atoms with Crippen LogP contribution in [0.25, 0.3) is 0 Å². The van der Waals surface area contributed by atoms with Crippen molar-refractivity contribution in [1.29, 1.82) is 0 Å². The molecular formula is C16H26N2. The van der Waals surface area contributed by atoms with Gasteiger partial charge in [0.05, 0.1) is 0 Å². The van der Waals surface area contributed by atoms with Crippen LogP contribution in [0.3, 0.4) is 0 Å². The van der Waals surface area contributed by atoms with Gasteiger partial charge in [-0.05, 0) is 32.3 Å². The third-order valence-corrected chi connectivity index (χ3v) is 4.28. The second-order valence-corrected chi connectivity index (χ2v) is 5.85. The van der Waals surface area contributed by atoms with Gasteiger partial charge in [-0.25, -0.2) is 0 Å². The van der Waals surface area contributed by atoms with Gasteiger partial charge in [0.1, 0.15) is 0 Å². The molecule has 1 aromatic carbocycles. The van der Waals surface area contributed by atoms with Crippen molar-refractivity contribution in [2.75, 3.05) is 19.6 Å². The number of benzene rings is 1. The Labute approximate surface area is 111 Å². The van der Waals surface area contributed by atoms with Crippen molar-refractivity contribution in [3.05, 3.63) is 35.9 Å². The molecule has 1 fully saturated rings. The van der Waals surface area contributed by atoms with E-state index < -0.39 is 0 Å². The Morgan fingerprint density at radius 1 is 1.33 bits per heavy atom. The fraction of sp³-hybridized carbons (Fsp3) is 0.625. The lowest BCUT2D eigenvalue weighted by molar-refractivity contribution is 0.105. The lowest BCUT2D eigenvalue weighted by Crippen LogP contribution is -2.60. The van der Waals surface area contributed by atoms with Crippen molar-refractivity contribution in [3.8, 4) is 0 Å². The fourth-order valence-corrected chi connectivity index (χ4v) is 2.78. The van der Waals surface area contributed by atoms with Crippen molar-refractivity contribution in [2.45, 2.75) is 45.2 Å². The van der Waals surface area contributed by atoms with Crippen LogP contribution in [0.1, 0.15) is 32.8 Å². The van der Waals surface area contributed by atoms with Gasteiger partial charge >= 0.3 is 0 Å². The summed E-state index contributed by atoms with van der Waals surface area (Å²) in [6, 6.07) is 11.5. The molecule has 2 unspecified atom stereocenters. The van der Waals surface area contributed by atoms with E-state index in [0.717, 1.165) is 19.5 Å². The van der Waals surface area contributed by atoms with Crippen LogP contribution >= 0.6 is 0 Å². The van der Waals surface area contributed by atoms with E-state index >= 15 is 0 Å². The molecule has 0 bridgehead atoms. The highest BCUT2D eigenvalue weighted by Gasteiger charge is 2.30. The summed E-state index contributed by atoms with van der Waals surface area (Å²) in [6.45, 7) is 10.4. The molecule has 0 saturated carbocycles. The Bertz CT molecular complexity index is 363. The van der Waals surface area contributed by atoms with E-state index in [4.69, 9.17) is 0 Å². The zero-order valence-electron chi connectivity index (χ0n) is 11.9. The van der Waals surface area contributed by atoms with Crippen molar-refractivity contribution >= 4 is 0 Å². The molecule has 1 aromatic rings. The van der Waals surface area contributed by atoms with Crippen LogP contribution in [0.2, 0.25) is 0 Å². The monoisotopic (exact) mass is 246 g/mol. The predicted octanol–water partition coefficient (Wildman–Crippen LogP) is 2.69. The maximum absolute atomic E-state index is 3.65. The Morgan fingerprint density at radius 3 is 2.72 bits per heavy atom. The lowest BCUT2D eigenvalue weighted by atomic mass is 9.94. The summed E-state index contributed by atoms with van der Waals surface area (Å²) in [5, 5.41) is 3.65. The summed E-state index contributed by atoms with van der Waals surface area (Å²) < 4.78 is 0. The Kier molecular flexibility index (Phi) is 4.41. The number of hydrogen-bond donors (Lipinski definition) is 1. The summed E-state index contributed by atoms with van der Waals surface area (Å²) in [4.78, 5) is 2.63. The molecule has 1 N–H and O–H groups in total. The van der Waals surface area contributed by atoms with E-state index in [1.54, 1.807) is 0 Å². The highest BCUT2D eigenvalue weighted by atomic mass is 15.2. The molecule has 1 aliphatic rings. The minimum absolute atomic E-state index is 0.295. The third-order valence-electron chi connectivity index (χ3n) is 4.28. The summed E-state index contributed by atoms with van der Waals surface area (Å²) in [7, 11) is 0. The molecule has 18 heavy (non-hydrogen) atoms. The summed E-state index contributed by atoms with van der Waals surface area (Å²) in [6.07, 6.45) is 2.35. The molecule has 100 valence electrons. The van der Waals surface area contributed by atoms with Crippen LogP contribution in [0, 0.1) is 0 Å². The van der Waals surface area contributed by atoms with E-state index in [-0.39, 0.29) is 0 Å². The summed E-state index contributed by atoms with van der Waals surface area (Å²) in [5.74, 6) is 0. The number of piperazine rings is 1. The summed E-state index contributed by atoms with van der Waals surface area (Å²) >= 11 is 0. The second-order valence-electron chi connectivity index (χ2n) is 5.85. The van der Waals surface area contributed by atoms with Crippen molar-refractivity contribution in [1.82, 2.24) is 10.2 Å². The van der Waals surface area contributed by atoms with E-state index in [2.05, 4.69) is 61.3 Å². The third kappa shape index (κ3) is 3.33. The van der Waals surface area contributed by atoms with Gasteiger partial charge in [0, 0.05) is 31.2 Å². The zero-order valence-corrected chi connectivity index (χ0v) is 11.9. The van der Waals surface area contributed by atoms with Gasteiger partial charge in [0.2, 0.25) is 0 Å². The van der Waals surface area contributed by atoms with Gasteiger partial charge < -0.3 is 5.32 Å². The average Bonchev–Trinajstić information content (AvgIpc) is 2.40. The van der Waals surface area contributed by atoms with Crippen molar-refractivity contribution in [2.24, 2.45) is 0 Å². The molecular weight excluding hydrogens is 220 g/mol. The smallest absolute Gasteiger partial charge is 0.0278 e. The fourth-order valence-electron chi connectivity index (χ4n) is 2.78. The molecule has 1 aliphatic heterocycles. The molecule has 0 radical (unpaired) electrons. The van der Waals surface area contributed by atoms with Crippen LogP contribution in [-0.4, -0.2) is 36.1 Å². The molecule has 0 amide bonds. The van der Waals surface area contributed by atoms with E-state index in [9.17, 15) is 0 Å². The van der Waals surface area contributed by atoms with Crippen LogP contribution < -0.4 is 5.32 Å². The van der Waals surface area contributed by atoms with E-state index in [1.807, 2.05) is 0 Å². The number of hydrogen-bond acceptors (Lipinski definition) is 2. The van der Waals surface area contributed by atoms with Crippen LogP contribution in [-0.2, 0) is 6.42 Å². The first-order valence-corrected chi connectivity index (χ1v) is 7.16. The first-order chi connectivity index (χ1) is 8.63. The normalized spacial score (nSPS) is 27.1. The lowest BCUT2D eigenvalue weighted by Gasteiger charge is -2.43. The predicted molar refractivity (Wildman–Crippen MR) is 77.9 cm³/mol. The van der Waals surface area contributed by atoms with Crippen LogP contribution in [0.4, 0.5) is 0 Å². The van der Waals surface area contributed by atoms with Gasteiger partial charge in [-0.2, -0.15) is 0 Å². The number of nitrogens with zero attached hydrogens (tertiary/aromatic N) is 1.